The third kappa shape index (κ3) is 1.83. The molecular weight excluding hydrogens is 138 g/mol. The van der Waals surface area contributed by atoms with E-state index in [9.17, 15) is 0 Å². The van der Waals surface area contributed by atoms with Gasteiger partial charge < -0.3 is 4.98 Å². The predicted molar refractivity (Wildman–Crippen MR) is 50.9 cm³/mol. The molecule has 10 heavy (non-hydrogen) atoms. The molecule has 0 aliphatic rings. The highest BCUT2D eigenvalue weighted by molar-refractivity contribution is 6.78. The highest BCUT2D eigenvalue weighted by atomic mass is 28.3. The lowest BCUT2D eigenvalue weighted by atomic mass is 10.5. The molecule has 0 aromatic carbocycles. The zero-order valence-corrected chi connectivity index (χ0v) is 9.15. The first-order chi connectivity index (χ1) is 4.45. The summed E-state index contributed by atoms with van der Waals surface area (Å²) in [6.07, 6.45) is 0. The average Bonchev–Trinajstić information content (AvgIpc) is 1.85. The van der Waals surface area contributed by atoms with Gasteiger partial charge in [0.25, 0.3) is 0 Å². The zero-order valence-electron chi connectivity index (χ0n) is 8.15. The summed E-state index contributed by atoms with van der Waals surface area (Å²) in [5, 5.41) is 0. The Morgan fingerprint density at radius 2 is 1.30 bits per heavy atom. The molecule has 0 bridgehead atoms. The van der Waals surface area contributed by atoms with Crippen LogP contribution in [0.2, 0.25) is 17.6 Å². The van der Waals surface area contributed by atoms with Crippen LogP contribution >= 0.6 is 0 Å². The van der Waals surface area contributed by atoms with E-state index in [0.717, 1.165) is 11.1 Å². The maximum atomic E-state index is 3.52. The first-order valence-electron chi connectivity index (χ1n) is 4.14. The van der Waals surface area contributed by atoms with Crippen molar-refractivity contribution in [3.05, 3.63) is 0 Å². The fraction of sp³-hybridized carbons (Fsp3) is 1.00. The summed E-state index contributed by atoms with van der Waals surface area (Å²) >= 11 is 0. The molecule has 1 nitrogen and oxygen atoms in total. The molecule has 0 spiro atoms. The van der Waals surface area contributed by atoms with Gasteiger partial charge in [-0.25, -0.2) is 0 Å². The topological polar surface area (TPSA) is 12.0 Å². The molecule has 0 aromatic heterocycles. The van der Waals surface area contributed by atoms with Crippen LogP contribution in [0.1, 0.15) is 27.7 Å². The van der Waals surface area contributed by atoms with Crippen LogP contribution in [-0.4, -0.2) is 15.3 Å². The number of hydrogen-bond acceptors (Lipinski definition) is 1. The van der Waals surface area contributed by atoms with Crippen molar-refractivity contribution < 1.29 is 0 Å². The Bertz CT molecular complexity index is 91.4. The Balaban J connectivity index is 4.23. The SMILES string of the molecule is CN[Si](C)(C(C)C)C(C)C. The first kappa shape index (κ1) is 10.2. The van der Waals surface area contributed by atoms with Gasteiger partial charge in [0.1, 0.15) is 8.24 Å². The van der Waals surface area contributed by atoms with Gasteiger partial charge in [0.15, 0.2) is 0 Å². The number of nitrogens with one attached hydrogen (secondary N) is 1. The number of hydrogen-bond donors (Lipinski definition) is 1. The van der Waals surface area contributed by atoms with E-state index in [1.165, 1.54) is 0 Å². The molecule has 0 aliphatic carbocycles. The minimum absolute atomic E-state index is 0.831. The molecule has 0 saturated carbocycles. The van der Waals surface area contributed by atoms with Crippen molar-refractivity contribution in [2.45, 2.75) is 45.3 Å². The van der Waals surface area contributed by atoms with Crippen molar-refractivity contribution >= 4 is 8.24 Å². The smallest absolute Gasteiger partial charge is 0.127 e. The van der Waals surface area contributed by atoms with Gasteiger partial charge in [-0.05, 0) is 18.1 Å². The molecule has 0 heterocycles. The van der Waals surface area contributed by atoms with Gasteiger partial charge in [-0.3, -0.25) is 0 Å². The standard InChI is InChI=1S/C8H21NSi/c1-7(2)10(6,9-5)8(3)4/h7-9H,1-6H3. The van der Waals surface area contributed by atoms with E-state index in [4.69, 9.17) is 0 Å². The third-order valence-corrected chi connectivity index (χ3v) is 8.81. The van der Waals surface area contributed by atoms with Crippen LogP contribution < -0.4 is 4.98 Å². The second-order valence-electron chi connectivity index (χ2n) is 3.84. The van der Waals surface area contributed by atoms with Crippen LogP contribution in [0.3, 0.4) is 0 Å². The van der Waals surface area contributed by atoms with Crippen molar-refractivity contribution in [1.82, 2.24) is 4.98 Å². The highest BCUT2D eigenvalue weighted by Gasteiger charge is 2.32. The summed E-state index contributed by atoms with van der Waals surface area (Å²) in [5.74, 6) is 0. The maximum absolute atomic E-state index is 3.52. The molecule has 0 fully saturated rings. The van der Waals surface area contributed by atoms with Crippen LogP contribution in [0.5, 0.6) is 0 Å². The largest absolute Gasteiger partial charge is 0.340 e. The molecule has 0 rings (SSSR count). The van der Waals surface area contributed by atoms with Crippen LogP contribution in [0.15, 0.2) is 0 Å². The van der Waals surface area contributed by atoms with Crippen molar-refractivity contribution in [2.24, 2.45) is 0 Å². The normalized spacial score (nSPS) is 13.2. The fourth-order valence-corrected chi connectivity index (χ4v) is 3.73. The van der Waals surface area contributed by atoms with Crippen molar-refractivity contribution in [3.63, 3.8) is 0 Å². The lowest BCUT2D eigenvalue weighted by Crippen LogP contribution is -2.50. The molecule has 1 N–H and O–H groups in total. The average molecular weight is 159 g/mol. The molecule has 62 valence electrons. The highest BCUT2D eigenvalue weighted by Crippen LogP contribution is 2.28. The fourth-order valence-electron chi connectivity index (χ4n) is 1.24. The van der Waals surface area contributed by atoms with Gasteiger partial charge in [-0.2, -0.15) is 0 Å². The van der Waals surface area contributed by atoms with Gasteiger partial charge >= 0.3 is 0 Å². The quantitative estimate of drug-likeness (QED) is 0.624. The van der Waals surface area contributed by atoms with Gasteiger partial charge in [-0.15, -0.1) is 0 Å². The van der Waals surface area contributed by atoms with E-state index in [0.29, 0.717) is 0 Å². The van der Waals surface area contributed by atoms with Crippen LogP contribution in [0, 0.1) is 0 Å². The van der Waals surface area contributed by atoms with Crippen LogP contribution in [0.4, 0.5) is 0 Å². The minimum atomic E-state index is -1.13. The minimum Gasteiger partial charge on any atom is -0.340 e. The van der Waals surface area contributed by atoms with Gasteiger partial charge in [0.2, 0.25) is 0 Å². The molecule has 0 saturated heterocycles. The molecular formula is C8H21NSi. The van der Waals surface area contributed by atoms with E-state index < -0.39 is 8.24 Å². The molecule has 0 aromatic rings. The summed E-state index contributed by atoms with van der Waals surface area (Å²) in [6, 6.07) is 0. The van der Waals surface area contributed by atoms with Crippen molar-refractivity contribution in [2.75, 3.05) is 7.05 Å². The van der Waals surface area contributed by atoms with Gasteiger partial charge in [-0.1, -0.05) is 34.2 Å². The molecule has 0 aliphatic heterocycles. The number of rotatable bonds is 3. The van der Waals surface area contributed by atoms with E-state index in [2.05, 4.69) is 46.3 Å². The van der Waals surface area contributed by atoms with Gasteiger partial charge in [0, 0.05) is 0 Å². The molecule has 0 unspecified atom stereocenters. The molecule has 0 amide bonds. The third-order valence-electron chi connectivity index (χ3n) is 2.94. The maximum Gasteiger partial charge on any atom is 0.127 e. The second-order valence-corrected chi connectivity index (χ2v) is 9.22. The summed E-state index contributed by atoms with van der Waals surface area (Å²) in [6.45, 7) is 11.7. The van der Waals surface area contributed by atoms with E-state index in [1.54, 1.807) is 0 Å². The molecule has 0 atom stereocenters. The van der Waals surface area contributed by atoms with Gasteiger partial charge in [0.05, 0.1) is 0 Å². The monoisotopic (exact) mass is 159 g/mol. The van der Waals surface area contributed by atoms with Crippen LogP contribution in [0.25, 0.3) is 0 Å². The Morgan fingerprint density at radius 3 is 1.30 bits per heavy atom. The first-order valence-corrected chi connectivity index (χ1v) is 6.79. The van der Waals surface area contributed by atoms with E-state index in [-0.39, 0.29) is 0 Å². The Morgan fingerprint density at radius 1 is 1.00 bits per heavy atom. The predicted octanol–water partition coefficient (Wildman–Crippen LogP) is 2.60. The van der Waals surface area contributed by atoms with Crippen LogP contribution in [-0.2, 0) is 0 Å². The Labute approximate surface area is 66.3 Å². The zero-order chi connectivity index (χ0) is 8.36. The summed E-state index contributed by atoms with van der Waals surface area (Å²) < 4.78 is 0. The van der Waals surface area contributed by atoms with Crippen molar-refractivity contribution in [3.8, 4) is 0 Å². The van der Waals surface area contributed by atoms with E-state index >= 15 is 0 Å². The molecule has 0 radical (unpaired) electrons. The Kier molecular flexibility index (Phi) is 3.60. The summed E-state index contributed by atoms with van der Waals surface area (Å²) in [4.78, 5) is 3.52. The van der Waals surface area contributed by atoms with E-state index in [1.807, 2.05) is 0 Å². The molecule has 2 heteroatoms. The Hall–Kier alpha value is 0.177. The second kappa shape index (κ2) is 3.53. The van der Waals surface area contributed by atoms with Crippen molar-refractivity contribution in [1.29, 1.82) is 0 Å². The lowest BCUT2D eigenvalue weighted by molar-refractivity contribution is 0.847. The lowest BCUT2D eigenvalue weighted by Gasteiger charge is -2.34. The summed E-state index contributed by atoms with van der Waals surface area (Å²) in [7, 11) is 0.975. The summed E-state index contributed by atoms with van der Waals surface area (Å²) in [5.41, 5.74) is 1.66.